The monoisotopic (exact) mass is 441 g/mol. The van der Waals surface area contributed by atoms with E-state index in [9.17, 15) is 0 Å². The smallest absolute Gasteiger partial charge is 0.208 e. The molecule has 4 heteroatoms. The van der Waals surface area contributed by atoms with Crippen LogP contribution in [0.4, 0.5) is 0 Å². The molecule has 33 heavy (non-hydrogen) atoms. The summed E-state index contributed by atoms with van der Waals surface area (Å²) in [6, 6.07) is 32.2. The third kappa shape index (κ3) is 6.45. The fourth-order valence-corrected chi connectivity index (χ4v) is 4.58. The Kier molecular flexibility index (Phi) is 7.79. The summed E-state index contributed by atoms with van der Waals surface area (Å²) in [5.41, 5.74) is 3.75. The molecule has 3 aromatic rings. The lowest BCUT2D eigenvalue weighted by Crippen LogP contribution is -2.46. The van der Waals surface area contributed by atoms with Crippen molar-refractivity contribution in [1.29, 1.82) is 0 Å². The summed E-state index contributed by atoms with van der Waals surface area (Å²) in [7, 11) is 4.19. The van der Waals surface area contributed by atoms with E-state index in [4.69, 9.17) is 9.84 Å². The number of benzene rings is 3. The van der Waals surface area contributed by atoms with E-state index in [-0.39, 0.29) is 5.54 Å². The highest BCUT2D eigenvalue weighted by Gasteiger charge is 2.43. The van der Waals surface area contributed by atoms with Crippen LogP contribution in [0.2, 0.25) is 0 Å². The molecule has 0 aliphatic carbocycles. The van der Waals surface area contributed by atoms with Gasteiger partial charge in [-0.1, -0.05) is 91.0 Å². The zero-order valence-electron chi connectivity index (χ0n) is 19.9. The molecule has 3 aromatic carbocycles. The Morgan fingerprint density at radius 1 is 0.788 bits per heavy atom. The first-order valence-electron chi connectivity index (χ1n) is 11.9. The highest BCUT2D eigenvalue weighted by molar-refractivity contribution is 5.79. The summed E-state index contributed by atoms with van der Waals surface area (Å²) in [5.74, 6) is 0.858. The van der Waals surface area contributed by atoms with Gasteiger partial charge in [-0.05, 0) is 50.0 Å². The van der Waals surface area contributed by atoms with Crippen LogP contribution in [0.15, 0.2) is 96.1 Å². The molecule has 1 aliphatic rings. The largest absolute Gasteiger partial charge is 0.480 e. The van der Waals surface area contributed by atoms with Crippen molar-refractivity contribution < 1.29 is 4.74 Å². The van der Waals surface area contributed by atoms with Crippen molar-refractivity contribution >= 4 is 5.90 Å². The van der Waals surface area contributed by atoms with E-state index in [1.165, 1.54) is 16.7 Å². The number of hydrogen-bond acceptors (Lipinski definition) is 4. The van der Waals surface area contributed by atoms with Gasteiger partial charge in [0.05, 0.1) is 25.1 Å². The molecule has 4 rings (SSSR count). The SMILES string of the molecule is CN(C)CCCOC1=NN(Cc2ccccc2)C(Cc2ccccc2)(Cc2ccccc2)C1. The Balaban J connectivity index is 1.62. The number of ether oxygens (including phenoxy) is 1. The van der Waals surface area contributed by atoms with Crippen molar-refractivity contribution in [2.45, 2.75) is 37.8 Å². The Labute approximate surface area is 198 Å². The van der Waals surface area contributed by atoms with E-state index in [1.54, 1.807) is 0 Å². The first-order chi connectivity index (χ1) is 16.1. The van der Waals surface area contributed by atoms with Crippen molar-refractivity contribution in [2.75, 3.05) is 27.2 Å². The van der Waals surface area contributed by atoms with E-state index in [0.717, 1.165) is 44.7 Å². The summed E-state index contributed by atoms with van der Waals surface area (Å²) in [4.78, 5) is 2.19. The van der Waals surface area contributed by atoms with Crippen LogP contribution in [-0.2, 0) is 24.1 Å². The average Bonchev–Trinajstić information content (AvgIpc) is 3.14. The minimum atomic E-state index is -0.171. The maximum atomic E-state index is 6.23. The summed E-state index contributed by atoms with van der Waals surface area (Å²) in [5, 5.41) is 7.36. The predicted octanol–water partition coefficient (Wildman–Crippen LogP) is 5.40. The fourth-order valence-electron chi connectivity index (χ4n) is 4.58. The van der Waals surface area contributed by atoms with Crippen molar-refractivity contribution in [3.8, 4) is 0 Å². The lowest BCUT2D eigenvalue weighted by atomic mass is 9.81. The van der Waals surface area contributed by atoms with Gasteiger partial charge in [0.15, 0.2) is 0 Å². The molecule has 0 radical (unpaired) electrons. The van der Waals surface area contributed by atoms with Crippen molar-refractivity contribution in [2.24, 2.45) is 5.10 Å². The summed E-state index contributed by atoms with van der Waals surface area (Å²) < 4.78 is 6.23. The second-order valence-corrected chi connectivity index (χ2v) is 9.27. The summed E-state index contributed by atoms with van der Waals surface area (Å²) in [6.45, 7) is 2.48. The zero-order valence-corrected chi connectivity index (χ0v) is 19.9. The molecular weight excluding hydrogens is 406 g/mol. The molecule has 0 unspecified atom stereocenters. The minimum Gasteiger partial charge on any atom is -0.480 e. The first kappa shape index (κ1) is 23.1. The number of rotatable bonds is 10. The predicted molar refractivity (Wildman–Crippen MR) is 136 cm³/mol. The van der Waals surface area contributed by atoms with Crippen molar-refractivity contribution in [3.63, 3.8) is 0 Å². The van der Waals surface area contributed by atoms with Gasteiger partial charge in [-0.15, -0.1) is 5.10 Å². The zero-order chi connectivity index (χ0) is 22.9. The molecule has 0 saturated carbocycles. The molecule has 0 amide bonds. The van der Waals surface area contributed by atoms with Gasteiger partial charge in [-0.25, -0.2) is 0 Å². The molecule has 0 N–H and O–H groups in total. The second-order valence-electron chi connectivity index (χ2n) is 9.27. The molecule has 0 saturated heterocycles. The van der Waals surface area contributed by atoms with E-state index in [1.807, 2.05) is 0 Å². The van der Waals surface area contributed by atoms with Gasteiger partial charge in [-0.3, -0.25) is 5.01 Å². The van der Waals surface area contributed by atoms with E-state index in [2.05, 4.69) is 115 Å². The second kappa shape index (κ2) is 11.2. The molecule has 0 bridgehead atoms. The number of hydrazone groups is 1. The minimum absolute atomic E-state index is 0.171. The van der Waals surface area contributed by atoms with Crippen molar-refractivity contribution in [3.05, 3.63) is 108 Å². The molecule has 1 heterocycles. The molecular formula is C29H35N3O. The number of nitrogens with zero attached hydrogens (tertiary/aromatic N) is 3. The van der Waals surface area contributed by atoms with Crippen LogP contribution < -0.4 is 0 Å². The molecule has 0 aromatic heterocycles. The number of hydrogen-bond donors (Lipinski definition) is 0. The van der Waals surface area contributed by atoms with E-state index in [0.29, 0.717) is 6.61 Å². The van der Waals surface area contributed by atoms with Gasteiger partial charge < -0.3 is 9.64 Å². The van der Waals surface area contributed by atoms with Crippen LogP contribution in [0.3, 0.4) is 0 Å². The summed E-state index contributed by atoms with van der Waals surface area (Å²) in [6.07, 6.45) is 3.65. The van der Waals surface area contributed by atoms with Gasteiger partial charge >= 0.3 is 0 Å². The van der Waals surface area contributed by atoms with Crippen LogP contribution in [0, 0.1) is 0 Å². The molecule has 172 valence electrons. The highest BCUT2D eigenvalue weighted by atomic mass is 16.5. The van der Waals surface area contributed by atoms with Crippen LogP contribution in [0.1, 0.15) is 29.5 Å². The fraction of sp³-hybridized carbons (Fsp3) is 0.345. The third-order valence-corrected chi connectivity index (χ3v) is 6.21. The molecule has 0 spiro atoms. The lowest BCUT2D eigenvalue weighted by Gasteiger charge is -2.38. The van der Waals surface area contributed by atoms with Crippen molar-refractivity contribution in [1.82, 2.24) is 9.91 Å². The van der Waals surface area contributed by atoms with Gasteiger partial charge in [0.2, 0.25) is 5.90 Å². The maximum Gasteiger partial charge on any atom is 0.208 e. The lowest BCUT2D eigenvalue weighted by molar-refractivity contribution is 0.107. The van der Waals surface area contributed by atoms with Gasteiger partial charge in [0.25, 0.3) is 0 Å². The highest BCUT2D eigenvalue weighted by Crippen LogP contribution is 2.36. The summed E-state index contributed by atoms with van der Waals surface area (Å²) >= 11 is 0. The molecule has 0 fully saturated rings. The topological polar surface area (TPSA) is 28.1 Å². The van der Waals surface area contributed by atoms with Gasteiger partial charge in [0, 0.05) is 6.54 Å². The Morgan fingerprint density at radius 3 is 1.82 bits per heavy atom. The van der Waals surface area contributed by atoms with Gasteiger partial charge in [-0.2, -0.15) is 0 Å². The molecule has 1 aliphatic heterocycles. The maximum absolute atomic E-state index is 6.23. The normalized spacial score (nSPS) is 15.0. The van der Waals surface area contributed by atoms with Crippen LogP contribution >= 0.6 is 0 Å². The quantitative estimate of drug-likeness (QED) is 0.395. The Hall–Kier alpha value is -3.11. The Bertz CT molecular complexity index is 961. The molecule has 0 atom stereocenters. The Morgan fingerprint density at radius 2 is 1.30 bits per heavy atom. The van der Waals surface area contributed by atoms with Crippen LogP contribution in [-0.4, -0.2) is 48.6 Å². The van der Waals surface area contributed by atoms with E-state index >= 15 is 0 Å². The first-order valence-corrected chi connectivity index (χ1v) is 11.9. The van der Waals surface area contributed by atoms with Gasteiger partial charge in [0.1, 0.15) is 0 Å². The van der Waals surface area contributed by atoms with E-state index < -0.39 is 0 Å². The molecule has 4 nitrogen and oxygen atoms in total. The van der Waals surface area contributed by atoms with Crippen LogP contribution in [0.25, 0.3) is 0 Å². The van der Waals surface area contributed by atoms with Crippen LogP contribution in [0.5, 0.6) is 0 Å². The average molecular weight is 442 g/mol. The third-order valence-electron chi connectivity index (χ3n) is 6.21. The standard InChI is InChI=1S/C29H35N3O/c1-31(2)19-12-20-33-28-23-29(21-25-13-6-3-7-14-25,22-26-15-8-4-9-16-26)32(30-28)24-27-17-10-5-11-18-27/h3-11,13-18H,12,19-24H2,1-2H3.